The Balaban J connectivity index is 1.89. The van der Waals surface area contributed by atoms with E-state index < -0.39 is 6.10 Å². The summed E-state index contributed by atoms with van der Waals surface area (Å²) in [5, 5.41) is 15.4. The van der Waals surface area contributed by atoms with E-state index >= 15 is 0 Å². The molecule has 1 heterocycles. The van der Waals surface area contributed by atoms with Crippen molar-refractivity contribution in [2.75, 3.05) is 31.7 Å². The first kappa shape index (κ1) is 17.9. The number of hydrogen-bond donors (Lipinski definition) is 3. The SMILES string of the molecule is CCOCCOCc1cccc(NC(=O)C2CC(O)CN2)c1C. The molecule has 3 N–H and O–H groups in total. The number of carbonyl (C=O) groups is 1. The molecule has 0 bridgehead atoms. The fraction of sp³-hybridized carbons (Fsp3) is 0.588. The predicted octanol–water partition coefficient (Wildman–Crippen LogP) is 1.21. The van der Waals surface area contributed by atoms with Crippen LogP contribution in [-0.4, -0.2) is 49.5 Å². The van der Waals surface area contributed by atoms with Crippen LogP contribution < -0.4 is 10.6 Å². The molecule has 1 saturated heterocycles. The van der Waals surface area contributed by atoms with E-state index in [0.29, 0.717) is 39.4 Å². The van der Waals surface area contributed by atoms with E-state index in [9.17, 15) is 9.90 Å². The van der Waals surface area contributed by atoms with Gasteiger partial charge in [-0.25, -0.2) is 0 Å². The van der Waals surface area contributed by atoms with E-state index in [-0.39, 0.29) is 11.9 Å². The largest absolute Gasteiger partial charge is 0.392 e. The van der Waals surface area contributed by atoms with E-state index in [4.69, 9.17) is 9.47 Å². The van der Waals surface area contributed by atoms with Crippen LogP contribution in [0.2, 0.25) is 0 Å². The lowest BCUT2D eigenvalue weighted by atomic mass is 10.1. The molecule has 1 aliphatic rings. The van der Waals surface area contributed by atoms with Gasteiger partial charge in [-0.15, -0.1) is 0 Å². The van der Waals surface area contributed by atoms with Crippen molar-refractivity contribution >= 4 is 11.6 Å². The molecule has 1 aromatic rings. The van der Waals surface area contributed by atoms with Gasteiger partial charge in [0.25, 0.3) is 0 Å². The van der Waals surface area contributed by atoms with Gasteiger partial charge in [0.1, 0.15) is 0 Å². The number of β-amino-alcohol motifs (C(OH)–C–C–N with tert-alkyl or cyclic N) is 1. The van der Waals surface area contributed by atoms with Gasteiger partial charge in [-0.1, -0.05) is 12.1 Å². The van der Waals surface area contributed by atoms with Crippen LogP contribution in [0.4, 0.5) is 5.69 Å². The summed E-state index contributed by atoms with van der Waals surface area (Å²) >= 11 is 0. The summed E-state index contributed by atoms with van der Waals surface area (Å²) in [6, 6.07) is 5.43. The van der Waals surface area contributed by atoms with Gasteiger partial charge in [-0.2, -0.15) is 0 Å². The third kappa shape index (κ3) is 5.28. The quantitative estimate of drug-likeness (QED) is 0.627. The highest BCUT2D eigenvalue weighted by atomic mass is 16.5. The number of ether oxygens (including phenoxy) is 2. The Morgan fingerprint density at radius 2 is 2.17 bits per heavy atom. The Morgan fingerprint density at radius 3 is 2.87 bits per heavy atom. The van der Waals surface area contributed by atoms with Gasteiger partial charge >= 0.3 is 0 Å². The average Bonchev–Trinajstić information content (AvgIpc) is 2.97. The molecule has 2 atom stereocenters. The zero-order valence-electron chi connectivity index (χ0n) is 13.8. The van der Waals surface area contributed by atoms with E-state index in [1.165, 1.54) is 0 Å². The molecule has 6 nitrogen and oxygen atoms in total. The first-order valence-corrected chi connectivity index (χ1v) is 8.08. The summed E-state index contributed by atoms with van der Waals surface area (Å²) in [5.41, 5.74) is 2.82. The van der Waals surface area contributed by atoms with Crippen molar-refractivity contribution in [2.45, 2.75) is 39.0 Å². The smallest absolute Gasteiger partial charge is 0.241 e. The number of hydrogen-bond acceptors (Lipinski definition) is 5. The highest BCUT2D eigenvalue weighted by Gasteiger charge is 2.28. The number of rotatable bonds is 8. The zero-order valence-corrected chi connectivity index (χ0v) is 13.8. The Kier molecular flexibility index (Phi) is 6.98. The summed E-state index contributed by atoms with van der Waals surface area (Å²) in [7, 11) is 0. The molecule has 23 heavy (non-hydrogen) atoms. The number of amides is 1. The van der Waals surface area contributed by atoms with Crippen molar-refractivity contribution in [3.05, 3.63) is 29.3 Å². The van der Waals surface area contributed by atoms with Crippen LogP contribution in [0.3, 0.4) is 0 Å². The standard InChI is InChI=1S/C17H26N2O4/c1-3-22-7-8-23-11-13-5-4-6-15(12(13)2)19-17(21)16-9-14(20)10-18-16/h4-6,14,16,18,20H,3,7-11H2,1-2H3,(H,19,21). The molecule has 128 valence electrons. The van der Waals surface area contributed by atoms with Gasteiger partial charge < -0.3 is 25.2 Å². The van der Waals surface area contributed by atoms with Gasteiger partial charge in [0.15, 0.2) is 0 Å². The topological polar surface area (TPSA) is 79.8 Å². The number of aliphatic hydroxyl groups excluding tert-OH is 1. The van der Waals surface area contributed by atoms with Crippen molar-refractivity contribution in [2.24, 2.45) is 0 Å². The molecule has 1 aliphatic heterocycles. The number of aliphatic hydroxyl groups is 1. The summed E-state index contributed by atoms with van der Waals surface area (Å²) < 4.78 is 10.8. The summed E-state index contributed by atoms with van der Waals surface area (Å²) in [5.74, 6) is -0.112. The van der Waals surface area contributed by atoms with Crippen LogP contribution in [0.1, 0.15) is 24.5 Å². The maximum atomic E-state index is 12.2. The summed E-state index contributed by atoms with van der Waals surface area (Å²) in [4.78, 5) is 12.2. The van der Waals surface area contributed by atoms with Crippen molar-refractivity contribution in [3.63, 3.8) is 0 Å². The predicted molar refractivity (Wildman–Crippen MR) is 88.4 cm³/mol. The molecule has 0 aromatic heterocycles. The van der Waals surface area contributed by atoms with E-state index in [0.717, 1.165) is 16.8 Å². The van der Waals surface area contributed by atoms with E-state index in [2.05, 4.69) is 10.6 Å². The molecule has 0 radical (unpaired) electrons. The Hall–Kier alpha value is -1.47. The first-order valence-electron chi connectivity index (χ1n) is 8.08. The van der Waals surface area contributed by atoms with Gasteiger partial charge in [0.2, 0.25) is 5.91 Å². The Labute approximate surface area is 137 Å². The lowest BCUT2D eigenvalue weighted by Gasteiger charge is -2.15. The lowest BCUT2D eigenvalue weighted by molar-refractivity contribution is -0.117. The zero-order chi connectivity index (χ0) is 16.7. The molecular weight excluding hydrogens is 296 g/mol. The molecule has 0 saturated carbocycles. The monoisotopic (exact) mass is 322 g/mol. The number of nitrogens with one attached hydrogen (secondary N) is 2. The molecular formula is C17H26N2O4. The van der Waals surface area contributed by atoms with Gasteiger partial charge in [-0.3, -0.25) is 4.79 Å². The average molecular weight is 322 g/mol. The molecule has 2 unspecified atom stereocenters. The van der Waals surface area contributed by atoms with Crippen LogP contribution in [0.5, 0.6) is 0 Å². The molecule has 2 rings (SSSR count). The summed E-state index contributed by atoms with van der Waals surface area (Å²) in [6.45, 7) is 6.69. The van der Waals surface area contributed by atoms with Crippen molar-refractivity contribution < 1.29 is 19.4 Å². The maximum Gasteiger partial charge on any atom is 0.241 e. The number of anilines is 1. The fourth-order valence-corrected chi connectivity index (χ4v) is 2.56. The third-order valence-electron chi connectivity index (χ3n) is 3.96. The molecule has 0 spiro atoms. The third-order valence-corrected chi connectivity index (χ3v) is 3.96. The number of benzene rings is 1. The summed E-state index contributed by atoms with van der Waals surface area (Å²) in [6.07, 6.45) is 0.00222. The van der Waals surface area contributed by atoms with Crippen LogP contribution in [0.25, 0.3) is 0 Å². The van der Waals surface area contributed by atoms with Crippen molar-refractivity contribution in [1.82, 2.24) is 5.32 Å². The molecule has 0 aliphatic carbocycles. The van der Waals surface area contributed by atoms with E-state index in [1.807, 2.05) is 32.0 Å². The highest BCUT2D eigenvalue weighted by Crippen LogP contribution is 2.20. The minimum atomic E-state index is -0.447. The molecule has 1 amide bonds. The Bertz CT molecular complexity index is 521. The molecule has 1 fully saturated rings. The van der Waals surface area contributed by atoms with Crippen LogP contribution in [-0.2, 0) is 20.9 Å². The minimum Gasteiger partial charge on any atom is -0.392 e. The number of carbonyl (C=O) groups excluding carboxylic acids is 1. The first-order chi connectivity index (χ1) is 11.1. The molecule has 6 heteroatoms. The van der Waals surface area contributed by atoms with Gasteiger partial charge in [-0.05, 0) is 37.5 Å². The van der Waals surface area contributed by atoms with Crippen LogP contribution in [0.15, 0.2) is 18.2 Å². The van der Waals surface area contributed by atoms with Gasteiger partial charge in [0, 0.05) is 18.8 Å². The highest BCUT2D eigenvalue weighted by molar-refractivity contribution is 5.95. The van der Waals surface area contributed by atoms with Gasteiger partial charge in [0.05, 0.1) is 32.0 Å². The normalized spacial score (nSPS) is 20.7. The van der Waals surface area contributed by atoms with Crippen molar-refractivity contribution in [1.29, 1.82) is 0 Å². The minimum absolute atomic E-state index is 0.112. The second kappa shape index (κ2) is 8.98. The second-order valence-corrected chi connectivity index (χ2v) is 5.68. The van der Waals surface area contributed by atoms with Crippen molar-refractivity contribution in [3.8, 4) is 0 Å². The van der Waals surface area contributed by atoms with Crippen LogP contribution in [0, 0.1) is 6.92 Å². The fourth-order valence-electron chi connectivity index (χ4n) is 2.56. The van der Waals surface area contributed by atoms with Crippen LogP contribution >= 0.6 is 0 Å². The maximum absolute atomic E-state index is 12.2. The molecule has 1 aromatic carbocycles. The Morgan fingerprint density at radius 1 is 1.39 bits per heavy atom. The second-order valence-electron chi connectivity index (χ2n) is 5.68. The van der Waals surface area contributed by atoms with E-state index in [1.54, 1.807) is 0 Å². The lowest BCUT2D eigenvalue weighted by Crippen LogP contribution is -2.35.